The van der Waals surface area contributed by atoms with Crippen molar-refractivity contribution in [1.29, 1.82) is 0 Å². The van der Waals surface area contributed by atoms with Crippen LogP contribution in [0.4, 0.5) is 18.9 Å². The van der Waals surface area contributed by atoms with Gasteiger partial charge in [-0.15, -0.1) is 0 Å². The largest absolute Gasteiger partial charge is 0.416 e. The van der Waals surface area contributed by atoms with Crippen LogP contribution < -0.4 is 11.1 Å². The van der Waals surface area contributed by atoms with Crippen LogP contribution >= 0.6 is 15.9 Å². The van der Waals surface area contributed by atoms with Gasteiger partial charge in [-0.3, -0.25) is 4.79 Å². The monoisotopic (exact) mass is 350 g/mol. The highest BCUT2D eigenvalue weighted by atomic mass is 79.9. The number of carbonyl (C=O) groups is 1. The summed E-state index contributed by atoms with van der Waals surface area (Å²) in [4.78, 5) is 11.7. The van der Waals surface area contributed by atoms with Crippen LogP contribution in [0.25, 0.3) is 0 Å². The highest BCUT2D eigenvalue weighted by Crippen LogP contribution is 2.34. The number of anilines is 1. The molecule has 3 nitrogen and oxygen atoms in total. The van der Waals surface area contributed by atoms with Gasteiger partial charge in [0.25, 0.3) is 0 Å². The van der Waals surface area contributed by atoms with Crippen LogP contribution in [0.3, 0.4) is 0 Å². The molecule has 1 amide bonds. The molecule has 1 aliphatic rings. The molecule has 0 bridgehead atoms. The molecule has 0 heterocycles. The van der Waals surface area contributed by atoms with Gasteiger partial charge in [-0.1, -0.05) is 15.9 Å². The second-order valence-electron chi connectivity index (χ2n) is 4.98. The number of amides is 1. The van der Waals surface area contributed by atoms with Crippen molar-refractivity contribution >= 4 is 27.5 Å². The van der Waals surface area contributed by atoms with Gasteiger partial charge in [-0.05, 0) is 37.0 Å². The van der Waals surface area contributed by atoms with Crippen molar-refractivity contribution in [1.82, 2.24) is 0 Å². The SMILES string of the molecule is NC(CC(=O)Nc1cc(Br)cc(C(F)(F)F)c1)C1CC1. The summed E-state index contributed by atoms with van der Waals surface area (Å²) in [6.07, 6.45) is -2.29. The maximum Gasteiger partial charge on any atom is 0.416 e. The molecule has 7 heteroatoms. The quantitative estimate of drug-likeness (QED) is 0.872. The van der Waals surface area contributed by atoms with E-state index in [1.807, 2.05) is 0 Å². The second-order valence-corrected chi connectivity index (χ2v) is 5.90. The highest BCUT2D eigenvalue weighted by molar-refractivity contribution is 9.10. The molecule has 20 heavy (non-hydrogen) atoms. The third-order valence-corrected chi connectivity index (χ3v) is 3.62. The zero-order chi connectivity index (χ0) is 14.9. The molecule has 1 saturated carbocycles. The van der Waals surface area contributed by atoms with Crippen molar-refractivity contribution in [3.63, 3.8) is 0 Å². The molecule has 110 valence electrons. The third-order valence-electron chi connectivity index (χ3n) is 3.16. The van der Waals surface area contributed by atoms with Gasteiger partial charge >= 0.3 is 6.18 Å². The first-order valence-corrected chi connectivity index (χ1v) is 6.98. The average Bonchev–Trinajstić information content (AvgIpc) is 3.09. The molecule has 0 aliphatic heterocycles. The Morgan fingerprint density at radius 1 is 1.40 bits per heavy atom. The van der Waals surface area contributed by atoms with Gasteiger partial charge in [0.1, 0.15) is 0 Å². The first kappa shape index (κ1) is 15.3. The Hall–Kier alpha value is -1.08. The molecular formula is C13H14BrF3N2O. The van der Waals surface area contributed by atoms with Gasteiger partial charge in [0.15, 0.2) is 0 Å². The lowest BCUT2D eigenvalue weighted by atomic mass is 10.1. The number of halogens is 4. The van der Waals surface area contributed by atoms with Crippen LogP contribution in [-0.4, -0.2) is 11.9 Å². The van der Waals surface area contributed by atoms with E-state index in [-0.39, 0.29) is 28.5 Å². The molecule has 1 unspecified atom stereocenters. The van der Waals surface area contributed by atoms with E-state index in [9.17, 15) is 18.0 Å². The molecule has 0 aromatic heterocycles. The zero-order valence-corrected chi connectivity index (χ0v) is 12.1. The minimum atomic E-state index is -4.45. The number of rotatable bonds is 4. The zero-order valence-electron chi connectivity index (χ0n) is 10.5. The molecule has 1 aromatic rings. The molecule has 0 radical (unpaired) electrons. The number of hydrogen-bond donors (Lipinski definition) is 2. The van der Waals surface area contributed by atoms with Crippen LogP contribution in [0.2, 0.25) is 0 Å². The van der Waals surface area contributed by atoms with Crippen LogP contribution in [-0.2, 0) is 11.0 Å². The molecule has 0 saturated heterocycles. The van der Waals surface area contributed by atoms with Crippen molar-refractivity contribution in [2.75, 3.05) is 5.32 Å². The van der Waals surface area contributed by atoms with Gasteiger partial charge < -0.3 is 11.1 Å². The van der Waals surface area contributed by atoms with Crippen LogP contribution in [0, 0.1) is 5.92 Å². The lowest BCUT2D eigenvalue weighted by Crippen LogP contribution is -2.28. The van der Waals surface area contributed by atoms with Crippen LogP contribution in [0.1, 0.15) is 24.8 Å². The molecule has 1 aromatic carbocycles. The van der Waals surface area contributed by atoms with Gasteiger partial charge in [-0.2, -0.15) is 13.2 Å². The number of alkyl halides is 3. The van der Waals surface area contributed by atoms with Crippen LogP contribution in [0.15, 0.2) is 22.7 Å². The molecular weight excluding hydrogens is 337 g/mol. The standard InChI is InChI=1S/C13H14BrF3N2O/c14-9-3-8(13(15,16)17)4-10(5-9)19-12(20)6-11(18)7-1-2-7/h3-5,7,11H,1-2,6,18H2,(H,19,20). The lowest BCUT2D eigenvalue weighted by molar-refractivity contribution is -0.137. The summed E-state index contributed by atoms with van der Waals surface area (Å²) in [6.45, 7) is 0. The minimum absolute atomic E-state index is 0.111. The average molecular weight is 351 g/mol. The Morgan fingerprint density at radius 2 is 2.05 bits per heavy atom. The summed E-state index contributed by atoms with van der Waals surface area (Å²) in [6, 6.07) is 3.08. The fourth-order valence-electron chi connectivity index (χ4n) is 1.94. The van der Waals surface area contributed by atoms with Gasteiger partial charge in [0, 0.05) is 22.6 Å². The number of benzene rings is 1. The van der Waals surface area contributed by atoms with Crippen molar-refractivity contribution in [2.45, 2.75) is 31.5 Å². The molecule has 3 N–H and O–H groups in total. The Labute approximate surface area is 122 Å². The van der Waals surface area contributed by atoms with E-state index in [1.54, 1.807) is 0 Å². The number of carbonyl (C=O) groups excluding carboxylic acids is 1. The predicted octanol–water partition coefficient (Wildman–Crippen LogP) is 3.53. The molecule has 2 rings (SSSR count). The summed E-state index contributed by atoms with van der Waals surface area (Å²) < 4.78 is 38.2. The molecule has 0 spiro atoms. The maximum absolute atomic E-state index is 12.7. The van der Waals surface area contributed by atoms with E-state index in [2.05, 4.69) is 21.2 Å². The number of nitrogens with two attached hydrogens (primary N) is 1. The first-order valence-electron chi connectivity index (χ1n) is 6.19. The van der Waals surface area contributed by atoms with E-state index >= 15 is 0 Å². The second kappa shape index (κ2) is 5.73. The molecule has 1 aliphatic carbocycles. The van der Waals surface area contributed by atoms with Gasteiger partial charge in [0.05, 0.1) is 5.56 Å². The Bertz CT molecular complexity index is 515. The Morgan fingerprint density at radius 3 is 2.60 bits per heavy atom. The Kier molecular flexibility index (Phi) is 4.39. The maximum atomic E-state index is 12.7. The topological polar surface area (TPSA) is 55.1 Å². The van der Waals surface area contributed by atoms with Crippen molar-refractivity contribution < 1.29 is 18.0 Å². The van der Waals surface area contributed by atoms with Gasteiger partial charge in [-0.25, -0.2) is 0 Å². The van der Waals surface area contributed by atoms with Crippen molar-refractivity contribution in [3.8, 4) is 0 Å². The smallest absolute Gasteiger partial charge is 0.327 e. The fraction of sp³-hybridized carbons (Fsp3) is 0.462. The highest BCUT2D eigenvalue weighted by Gasteiger charge is 2.32. The first-order chi connectivity index (χ1) is 9.25. The normalized spacial score (nSPS) is 16.9. The van der Waals surface area contributed by atoms with Gasteiger partial charge in [0.2, 0.25) is 5.91 Å². The summed E-state index contributed by atoms with van der Waals surface area (Å²) in [5.74, 6) is 0.00428. The molecule has 1 fully saturated rings. The van der Waals surface area contributed by atoms with Crippen molar-refractivity contribution in [3.05, 3.63) is 28.2 Å². The summed E-state index contributed by atoms with van der Waals surface area (Å²) in [5.41, 5.74) is 5.11. The van der Waals surface area contributed by atoms with Crippen molar-refractivity contribution in [2.24, 2.45) is 11.7 Å². The summed E-state index contributed by atoms with van der Waals surface area (Å²) >= 11 is 3.00. The molecule has 1 atom stereocenters. The van der Waals surface area contributed by atoms with E-state index in [0.717, 1.165) is 25.0 Å². The number of hydrogen-bond acceptors (Lipinski definition) is 2. The summed E-state index contributed by atoms with van der Waals surface area (Å²) in [7, 11) is 0. The lowest BCUT2D eigenvalue weighted by Gasteiger charge is -2.13. The number of nitrogens with one attached hydrogen (secondary N) is 1. The fourth-order valence-corrected chi connectivity index (χ4v) is 2.44. The third kappa shape index (κ3) is 4.21. The van der Waals surface area contributed by atoms with E-state index in [4.69, 9.17) is 5.73 Å². The van der Waals surface area contributed by atoms with E-state index in [0.29, 0.717) is 5.92 Å². The van der Waals surface area contributed by atoms with Crippen LogP contribution in [0.5, 0.6) is 0 Å². The Balaban J connectivity index is 2.04. The predicted molar refractivity (Wildman–Crippen MR) is 73.1 cm³/mol. The summed E-state index contributed by atoms with van der Waals surface area (Å²) in [5, 5.41) is 2.46. The van der Waals surface area contributed by atoms with E-state index < -0.39 is 11.7 Å². The van der Waals surface area contributed by atoms with E-state index in [1.165, 1.54) is 6.07 Å². The minimum Gasteiger partial charge on any atom is -0.327 e.